The van der Waals surface area contributed by atoms with Gasteiger partial charge in [-0.25, -0.2) is 4.98 Å². The zero-order valence-corrected chi connectivity index (χ0v) is 17.2. The van der Waals surface area contributed by atoms with Gasteiger partial charge in [-0.3, -0.25) is 19.4 Å². The lowest BCUT2D eigenvalue weighted by atomic mass is 10.2. The second-order valence-corrected chi connectivity index (χ2v) is 6.84. The van der Waals surface area contributed by atoms with Crippen molar-refractivity contribution in [3.8, 4) is 22.8 Å². The van der Waals surface area contributed by atoms with Crippen LogP contribution < -0.4 is 4.74 Å². The molecular formula is C21H27N5O4. The molecule has 9 heteroatoms. The van der Waals surface area contributed by atoms with Gasteiger partial charge >= 0.3 is 0 Å². The predicted molar refractivity (Wildman–Crippen MR) is 112 cm³/mol. The molecule has 1 aromatic carbocycles. The van der Waals surface area contributed by atoms with Crippen molar-refractivity contribution in [1.82, 2.24) is 24.6 Å². The molecule has 30 heavy (non-hydrogen) atoms. The van der Waals surface area contributed by atoms with E-state index < -0.39 is 0 Å². The Hall–Kier alpha value is -3.17. The Morgan fingerprint density at radius 3 is 2.57 bits per heavy atom. The highest BCUT2D eigenvalue weighted by Crippen LogP contribution is 2.26. The Morgan fingerprint density at radius 1 is 1.23 bits per heavy atom. The first-order valence-corrected chi connectivity index (χ1v) is 9.80. The Bertz CT molecular complexity index is 910. The third-order valence-corrected chi connectivity index (χ3v) is 4.86. The molecule has 1 saturated heterocycles. The number of aromatic nitrogens is 4. The molecule has 0 spiro atoms. The minimum atomic E-state index is -0.250. The van der Waals surface area contributed by atoms with Gasteiger partial charge < -0.3 is 14.6 Å². The van der Waals surface area contributed by atoms with Crippen LogP contribution in [-0.2, 0) is 9.53 Å². The fraction of sp³-hybridized carbons (Fsp3) is 0.381. The van der Waals surface area contributed by atoms with E-state index in [0.717, 1.165) is 67.1 Å². The van der Waals surface area contributed by atoms with E-state index >= 15 is 0 Å². The van der Waals surface area contributed by atoms with E-state index in [1.165, 1.54) is 0 Å². The molecule has 0 bridgehead atoms. The summed E-state index contributed by atoms with van der Waals surface area (Å²) in [6, 6.07) is 8.10. The van der Waals surface area contributed by atoms with Gasteiger partial charge in [-0.05, 0) is 38.1 Å². The first-order chi connectivity index (χ1) is 14.6. The molecule has 160 valence electrons. The number of imidazole rings is 1. The van der Waals surface area contributed by atoms with Crippen LogP contribution in [0.1, 0.15) is 11.4 Å². The third kappa shape index (κ3) is 5.25. The Kier molecular flexibility index (Phi) is 7.58. The Morgan fingerprint density at radius 2 is 1.93 bits per heavy atom. The fourth-order valence-corrected chi connectivity index (χ4v) is 3.42. The molecule has 3 heterocycles. The van der Waals surface area contributed by atoms with Crippen molar-refractivity contribution in [1.29, 1.82) is 0 Å². The lowest BCUT2D eigenvalue weighted by Crippen LogP contribution is -2.38. The smallest absolute Gasteiger partial charge is 0.290 e. The van der Waals surface area contributed by atoms with Crippen LogP contribution in [0, 0.1) is 13.8 Å². The number of benzene rings is 1. The van der Waals surface area contributed by atoms with E-state index in [4.69, 9.17) is 19.4 Å². The number of nitrogens with zero attached hydrogens (tertiary/aromatic N) is 4. The van der Waals surface area contributed by atoms with E-state index in [-0.39, 0.29) is 6.47 Å². The van der Waals surface area contributed by atoms with Gasteiger partial charge in [0.2, 0.25) is 0 Å². The molecule has 9 nitrogen and oxygen atoms in total. The van der Waals surface area contributed by atoms with Crippen LogP contribution in [-0.4, -0.2) is 75.7 Å². The van der Waals surface area contributed by atoms with Crippen molar-refractivity contribution >= 4 is 6.47 Å². The number of carbonyl (C=O) groups is 1. The Labute approximate surface area is 175 Å². The summed E-state index contributed by atoms with van der Waals surface area (Å²) in [5.74, 6) is 1.77. The van der Waals surface area contributed by atoms with E-state index in [1.54, 1.807) is 0 Å². The highest BCUT2D eigenvalue weighted by Gasteiger charge is 2.14. The number of nitrogens with one attached hydrogen (secondary N) is 1. The highest BCUT2D eigenvalue weighted by molar-refractivity contribution is 5.61. The summed E-state index contributed by atoms with van der Waals surface area (Å²) in [7, 11) is 0. The van der Waals surface area contributed by atoms with Crippen molar-refractivity contribution in [2.45, 2.75) is 13.8 Å². The van der Waals surface area contributed by atoms with Gasteiger partial charge in [0.25, 0.3) is 6.47 Å². The standard InChI is InChI=1S/C20H25N5O2.CH2O2/c1-15-19(16(2)23-22-15)25-8-7-21-20(25)17-3-5-18(6-4-17)27-14-11-24-9-12-26-13-10-24;2-1-3/h3-8H,9-14H2,1-2H3,(H,22,23);1H,(H,2,3). The molecule has 1 aliphatic rings. The van der Waals surface area contributed by atoms with Crippen molar-refractivity contribution in [2.24, 2.45) is 0 Å². The highest BCUT2D eigenvalue weighted by atomic mass is 16.5. The zero-order valence-electron chi connectivity index (χ0n) is 17.2. The molecule has 0 unspecified atom stereocenters. The summed E-state index contributed by atoms with van der Waals surface area (Å²) in [6.07, 6.45) is 3.78. The number of hydrogen-bond acceptors (Lipinski definition) is 6. The third-order valence-electron chi connectivity index (χ3n) is 4.86. The van der Waals surface area contributed by atoms with Crippen LogP contribution in [0.3, 0.4) is 0 Å². The number of H-pyrrole nitrogens is 1. The number of carboxylic acid groups (broad SMARTS) is 1. The van der Waals surface area contributed by atoms with Crippen molar-refractivity contribution in [3.63, 3.8) is 0 Å². The number of morpholine rings is 1. The van der Waals surface area contributed by atoms with Crippen LogP contribution in [0.5, 0.6) is 5.75 Å². The quantitative estimate of drug-likeness (QED) is 0.597. The molecule has 0 saturated carbocycles. The van der Waals surface area contributed by atoms with Gasteiger partial charge in [-0.1, -0.05) is 0 Å². The molecule has 2 aromatic heterocycles. The Balaban J connectivity index is 0.000000806. The van der Waals surface area contributed by atoms with Crippen LogP contribution >= 0.6 is 0 Å². The number of aryl methyl sites for hydroxylation is 2. The second kappa shape index (κ2) is 10.6. The van der Waals surface area contributed by atoms with Gasteiger partial charge in [-0.2, -0.15) is 5.10 Å². The van der Waals surface area contributed by atoms with Gasteiger partial charge in [0, 0.05) is 37.6 Å². The molecule has 0 radical (unpaired) electrons. The molecule has 0 amide bonds. The molecule has 0 aliphatic carbocycles. The van der Waals surface area contributed by atoms with Gasteiger partial charge in [0.1, 0.15) is 18.2 Å². The van der Waals surface area contributed by atoms with E-state index in [2.05, 4.69) is 24.6 Å². The van der Waals surface area contributed by atoms with Crippen molar-refractivity contribution in [2.75, 3.05) is 39.5 Å². The molecular weight excluding hydrogens is 386 g/mol. The lowest BCUT2D eigenvalue weighted by Gasteiger charge is -2.26. The largest absolute Gasteiger partial charge is 0.492 e. The summed E-state index contributed by atoms with van der Waals surface area (Å²) in [6.45, 7) is 8.97. The molecule has 1 fully saturated rings. The molecule has 1 aliphatic heterocycles. The van der Waals surface area contributed by atoms with Crippen LogP contribution in [0.25, 0.3) is 17.1 Å². The van der Waals surface area contributed by atoms with Crippen LogP contribution in [0.4, 0.5) is 0 Å². The number of rotatable bonds is 6. The first-order valence-electron chi connectivity index (χ1n) is 9.80. The van der Waals surface area contributed by atoms with Gasteiger partial charge in [0.15, 0.2) is 0 Å². The monoisotopic (exact) mass is 413 g/mol. The minimum absolute atomic E-state index is 0.250. The summed E-state index contributed by atoms with van der Waals surface area (Å²) in [5, 5.41) is 14.2. The summed E-state index contributed by atoms with van der Waals surface area (Å²) in [5.41, 5.74) is 4.07. The van der Waals surface area contributed by atoms with Gasteiger partial charge in [0.05, 0.1) is 30.3 Å². The maximum Gasteiger partial charge on any atom is 0.290 e. The maximum atomic E-state index is 8.36. The van der Waals surface area contributed by atoms with E-state index in [9.17, 15) is 0 Å². The number of aromatic amines is 1. The number of hydrogen-bond donors (Lipinski definition) is 2. The van der Waals surface area contributed by atoms with Crippen LogP contribution in [0.2, 0.25) is 0 Å². The minimum Gasteiger partial charge on any atom is -0.492 e. The topological polar surface area (TPSA) is 106 Å². The summed E-state index contributed by atoms with van der Waals surface area (Å²) in [4.78, 5) is 15.3. The SMILES string of the molecule is Cc1n[nH]c(C)c1-n1ccnc1-c1ccc(OCCN2CCOCC2)cc1.O=CO. The number of ether oxygens (including phenoxy) is 2. The second-order valence-electron chi connectivity index (χ2n) is 6.84. The van der Waals surface area contributed by atoms with Crippen LogP contribution in [0.15, 0.2) is 36.7 Å². The summed E-state index contributed by atoms with van der Waals surface area (Å²) >= 11 is 0. The normalized spacial score (nSPS) is 14.1. The average Bonchev–Trinajstić information content (AvgIpc) is 3.36. The van der Waals surface area contributed by atoms with E-state index in [1.807, 2.05) is 50.5 Å². The maximum absolute atomic E-state index is 8.36. The van der Waals surface area contributed by atoms with Gasteiger partial charge in [-0.15, -0.1) is 0 Å². The van der Waals surface area contributed by atoms with Crippen molar-refractivity contribution in [3.05, 3.63) is 48.0 Å². The lowest BCUT2D eigenvalue weighted by molar-refractivity contribution is -0.122. The molecule has 0 atom stereocenters. The zero-order chi connectivity index (χ0) is 21.3. The first kappa shape index (κ1) is 21.5. The molecule has 3 aromatic rings. The average molecular weight is 413 g/mol. The molecule has 2 N–H and O–H groups in total. The summed E-state index contributed by atoms with van der Waals surface area (Å²) < 4.78 is 13.3. The fourth-order valence-electron chi connectivity index (χ4n) is 3.42. The van der Waals surface area contributed by atoms with E-state index in [0.29, 0.717) is 6.61 Å². The predicted octanol–water partition coefficient (Wildman–Crippen LogP) is 2.29. The molecule has 4 rings (SSSR count). The van der Waals surface area contributed by atoms with Crippen molar-refractivity contribution < 1.29 is 19.4 Å².